The molecule has 2 nitrogen and oxygen atoms in total. The van der Waals surface area contributed by atoms with Gasteiger partial charge in [0.05, 0.1) is 12.5 Å². The van der Waals surface area contributed by atoms with Crippen LogP contribution in [0.15, 0.2) is 22.7 Å². The molecule has 1 rings (SSSR count). The first kappa shape index (κ1) is 8.09. The average molecular weight is 212 g/mol. The minimum atomic E-state index is 0.185. The molecule has 3 heteroatoms. The van der Waals surface area contributed by atoms with Crippen LogP contribution in [0.25, 0.3) is 0 Å². The average Bonchev–Trinajstić information content (AvgIpc) is 1.85. The number of rotatable bonds is 1. The molecule has 1 aromatic rings. The van der Waals surface area contributed by atoms with Crippen molar-refractivity contribution >= 4 is 15.9 Å². The third-order valence-electron chi connectivity index (χ3n) is 1.23. The van der Waals surface area contributed by atoms with Crippen molar-refractivity contribution in [2.45, 2.75) is 6.42 Å². The summed E-state index contributed by atoms with van der Waals surface area (Å²) in [4.78, 5) is 0. The summed E-state index contributed by atoms with van der Waals surface area (Å²) in [5.41, 5.74) is 0.819. The fraction of sp³-hybridized carbons (Fsp3) is 0.125. The van der Waals surface area contributed by atoms with Crippen LogP contribution in [0.3, 0.4) is 0 Å². The zero-order valence-corrected chi connectivity index (χ0v) is 7.30. The maximum atomic E-state index is 9.08. The van der Waals surface area contributed by atoms with Gasteiger partial charge in [-0.1, -0.05) is 15.9 Å². The van der Waals surface area contributed by atoms with Gasteiger partial charge in [0.25, 0.3) is 0 Å². The molecule has 0 unspecified atom stereocenters. The second kappa shape index (κ2) is 3.40. The van der Waals surface area contributed by atoms with E-state index in [1.54, 1.807) is 12.1 Å². The molecule has 11 heavy (non-hydrogen) atoms. The number of hydrogen-bond donors (Lipinski definition) is 1. The molecule has 0 aromatic heterocycles. The van der Waals surface area contributed by atoms with Crippen molar-refractivity contribution in [1.82, 2.24) is 0 Å². The summed E-state index contributed by atoms with van der Waals surface area (Å²) in [7, 11) is 0. The highest BCUT2D eigenvalue weighted by molar-refractivity contribution is 9.10. The molecule has 0 amide bonds. The Morgan fingerprint density at radius 3 is 2.73 bits per heavy atom. The van der Waals surface area contributed by atoms with Crippen LogP contribution in [-0.2, 0) is 6.42 Å². The number of phenolic OH excluding ortho intramolecular Hbond substituents is 1. The Balaban J connectivity index is 3.01. The van der Waals surface area contributed by atoms with E-state index >= 15 is 0 Å². The summed E-state index contributed by atoms with van der Waals surface area (Å²) in [6.07, 6.45) is 0.326. The topological polar surface area (TPSA) is 44.0 Å². The van der Waals surface area contributed by atoms with Crippen LogP contribution in [0.4, 0.5) is 0 Å². The lowest BCUT2D eigenvalue weighted by Gasteiger charge is -1.97. The molecule has 0 heterocycles. The summed E-state index contributed by atoms with van der Waals surface area (Å²) in [5, 5.41) is 17.4. The van der Waals surface area contributed by atoms with Gasteiger partial charge < -0.3 is 5.11 Å². The molecule has 0 fully saturated rings. The van der Waals surface area contributed by atoms with Crippen LogP contribution in [0.1, 0.15) is 5.56 Å². The Morgan fingerprint density at radius 1 is 1.45 bits per heavy atom. The van der Waals surface area contributed by atoms with Crippen molar-refractivity contribution in [2.24, 2.45) is 0 Å². The van der Waals surface area contributed by atoms with E-state index in [0.29, 0.717) is 6.42 Å². The van der Waals surface area contributed by atoms with E-state index in [4.69, 9.17) is 10.4 Å². The predicted octanol–water partition coefficient (Wildman–Crippen LogP) is 2.22. The molecule has 56 valence electrons. The second-order valence-electron chi connectivity index (χ2n) is 2.15. The van der Waals surface area contributed by atoms with Gasteiger partial charge in [-0.05, 0) is 23.8 Å². The van der Waals surface area contributed by atoms with Gasteiger partial charge in [0.1, 0.15) is 5.75 Å². The van der Waals surface area contributed by atoms with Gasteiger partial charge in [-0.15, -0.1) is 0 Å². The number of nitrogens with zero attached hydrogens (tertiary/aromatic N) is 1. The Bertz CT molecular complexity index is 283. The zero-order chi connectivity index (χ0) is 8.27. The first-order valence-corrected chi connectivity index (χ1v) is 3.87. The fourth-order valence-electron chi connectivity index (χ4n) is 0.827. The van der Waals surface area contributed by atoms with Crippen molar-refractivity contribution < 1.29 is 5.11 Å². The largest absolute Gasteiger partial charge is 0.508 e. The number of halogens is 1. The smallest absolute Gasteiger partial charge is 0.117 e. The van der Waals surface area contributed by atoms with Crippen LogP contribution in [0.2, 0.25) is 0 Å². The van der Waals surface area contributed by atoms with Crippen LogP contribution in [0.5, 0.6) is 5.75 Å². The molecule has 0 aliphatic rings. The van der Waals surface area contributed by atoms with Gasteiger partial charge in [-0.25, -0.2) is 0 Å². The molecule has 1 aromatic carbocycles. The van der Waals surface area contributed by atoms with Gasteiger partial charge in [0.15, 0.2) is 0 Å². The van der Waals surface area contributed by atoms with Gasteiger partial charge in [0, 0.05) is 4.47 Å². The molecule has 0 saturated heterocycles. The molecule has 0 spiro atoms. The third kappa shape index (κ3) is 2.24. The fourth-order valence-corrected chi connectivity index (χ4v) is 1.36. The molecule has 0 atom stereocenters. The van der Waals surface area contributed by atoms with Crippen LogP contribution >= 0.6 is 15.9 Å². The quantitative estimate of drug-likeness (QED) is 0.775. The highest BCUT2D eigenvalue weighted by Gasteiger charge is 1.96. The number of aromatic hydroxyl groups is 1. The molecule has 0 aliphatic carbocycles. The highest BCUT2D eigenvalue weighted by Crippen LogP contribution is 2.20. The van der Waals surface area contributed by atoms with Crippen molar-refractivity contribution in [3.8, 4) is 11.8 Å². The summed E-state index contributed by atoms with van der Waals surface area (Å²) >= 11 is 3.21. The lowest BCUT2D eigenvalue weighted by Crippen LogP contribution is -1.80. The van der Waals surface area contributed by atoms with Gasteiger partial charge in [-0.3, -0.25) is 0 Å². The predicted molar refractivity (Wildman–Crippen MR) is 45.1 cm³/mol. The minimum absolute atomic E-state index is 0.185. The van der Waals surface area contributed by atoms with Crippen molar-refractivity contribution in [2.75, 3.05) is 0 Å². The van der Waals surface area contributed by atoms with E-state index < -0.39 is 0 Å². The molecule has 0 saturated carbocycles. The normalized spacial score (nSPS) is 9.09. The maximum Gasteiger partial charge on any atom is 0.117 e. The first-order valence-electron chi connectivity index (χ1n) is 3.08. The van der Waals surface area contributed by atoms with Crippen LogP contribution in [0, 0.1) is 11.3 Å². The third-order valence-corrected chi connectivity index (χ3v) is 1.68. The number of hydrogen-bond acceptors (Lipinski definition) is 2. The molecule has 0 radical (unpaired) electrons. The monoisotopic (exact) mass is 211 g/mol. The highest BCUT2D eigenvalue weighted by atomic mass is 79.9. The molecule has 1 N–H and O–H groups in total. The second-order valence-corrected chi connectivity index (χ2v) is 3.07. The Kier molecular flexibility index (Phi) is 2.50. The van der Waals surface area contributed by atoms with E-state index in [1.165, 1.54) is 0 Å². The minimum Gasteiger partial charge on any atom is -0.508 e. The van der Waals surface area contributed by atoms with E-state index in [9.17, 15) is 0 Å². The van der Waals surface area contributed by atoms with Crippen LogP contribution < -0.4 is 0 Å². The Morgan fingerprint density at radius 2 is 2.18 bits per heavy atom. The SMILES string of the molecule is N#CCc1cc(O)cc(Br)c1. The van der Waals surface area contributed by atoms with E-state index in [-0.39, 0.29) is 5.75 Å². The summed E-state index contributed by atoms with van der Waals surface area (Å²) in [6, 6.07) is 6.98. The van der Waals surface area contributed by atoms with Crippen molar-refractivity contribution in [3.63, 3.8) is 0 Å². The Labute approximate surface area is 73.2 Å². The van der Waals surface area contributed by atoms with E-state index in [0.717, 1.165) is 10.0 Å². The van der Waals surface area contributed by atoms with E-state index in [2.05, 4.69) is 15.9 Å². The number of nitriles is 1. The maximum absolute atomic E-state index is 9.08. The van der Waals surface area contributed by atoms with Gasteiger partial charge in [-0.2, -0.15) is 5.26 Å². The van der Waals surface area contributed by atoms with Gasteiger partial charge >= 0.3 is 0 Å². The lowest BCUT2D eigenvalue weighted by molar-refractivity contribution is 0.474. The summed E-state index contributed by atoms with van der Waals surface area (Å²) in [5.74, 6) is 0.185. The summed E-state index contributed by atoms with van der Waals surface area (Å²) in [6.45, 7) is 0. The van der Waals surface area contributed by atoms with Crippen molar-refractivity contribution in [3.05, 3.63) is 28.2 Å². The first-order chi connectivity index (χ1) is 5.22. The Hall–Kier alpha value is -1.01. The molecule has 0 bridgehead atoms. The molecular weight excluding hydrogens is 206 g/mol. The summed E-state index contributed by atoms with van der Waals surface area (Å²) < 4.78 is 0.794. The number of benzene rings is 1. The van der Waals surface area contributed by atoms with Crippen molar-refractivity contribution in [1.29, 1.82) is 5.26 Å². The molecular formula is C8H6BrNO. The lowest BCUT2D eigenvalue weighted by atomic mass is 10.2. The van der Waals surface area contributed by atoms with Crippen LogP contribution in [-0.4, -0.2) is 5.11 Å². The van der Waals surface area contributed by atoms with Gasteiger partial charge in [0.2, 0.25) is 0 Å². The molecule has 0 aliphatic heterocycles. The number of phenols is 1. The standard InChI is InChI=1S/C8H6BrNO/c9-7-3-6(1-2-10)4-8(11)5-7/h3-5,11H,1H2. The zero-order valence-electron chi connectivity index (χ0n) is 5.71. The van der Waals surface area contributed by atoms with E-state index in [1.807, 2.05) is 12.1 Å².